The van der Waals surface area contributed by atoms with Crippen LogP contribution in [0.4, 0.5) is 0 Å². The molecule has 24 heavy (non-hydrogen) atoms. The summed E-state index contributed by atoms with van der Waals surface area (Å²) in [6.07, 6.45) is 3.57. The molecule has 1 aliphatic rings. The van der Waals surface area contributed by atoms with E-state index in [2.05, 4.69) is 4.98 Å². The highest BCUT2D eigenvalue weighted by Gasteiger charge is 2.52. The Bertz CT molecular complexity index is 736. The molecule has 1 aromatic carbocycles. The zero-order chi connectivity index (χ0) is 17.5. The molecule has 0 saturated carbocycles. The van der Waals surface area contributed by atoms with E-state index in [0.29, 0.717) is 11.2 Å². The van der Waals surface area contributed by atoms with Gasteiger partial charge in [0.2, 0.25) is 0 Å². The van der Waals surface area contributed by atoms with E-state index in [4.69, 9.17) is 14.0 Å². The van der Waals surface area contributed by atoms with Crippen molar-refractivity contribution in [1.29, 1.82) is 0 Å². The fourth-order valence-corrected chi connectivity index (χ4v) is 2.45. The van der Waals surface area contributed by atoms with Crippen molar-refractivity contribution in [2.24, 2.45) is 0 Å². The Labute approximate surface area is 141 Å². The highest BCUT2D eigenvalue weighted by atomic mass is 16.7. The number of hydrogen-bond acceptors (Lipinski definition) is 5. The van der Waals surface area contributed by atoms with Crippen LogP contribution in [0.3, 0.4) is 0 Å². The third-order valence-electron chi connectivity index (χ3n) is 4.68. The van der Waals surface area contributed by atoms with Crippen LogP contribution < -0.4 is 5.59 Å². The summed E-state index contributed by atoms with van der Waals surface area (Å²) in [5.41, 5.74) is 1.31. The standard InChI is InChI=1S/C17H21BN2O4/c1-16(2)17(3,4)24-18(23-16)14-10-20(11-19-14)13-8-6-12(7-9-13)15(21)22-5/h6-11H,1-5H3. The Morgan fingerprint density at radius 2 is 1.71 bits per heavy atom. The first-order valence-corrected chi connectivity index (χ1v) is 7.82. The number of nitrogens with zero attached hydrogens (tertiary/aromatic N) is 2. The van der Waals surface area contributed by atoms with E-state index in [1.807, 2.05) is 50.6 Å². The summed E-state index contributed by atoms with van der Waals surface area (Å²) in [6.45, 7) is 8.04. The van der Waals surface area contributed by atoms with E-state index in [1.54, 1.807) is 18.5 Å². The molecule has 0 unspecified atom stereocenters. The molecule has 126 valence electrons. The number of ether oxygens (including phenoxy) is 1. The van der Waals surface area contributed by atoms with Crippen LogP contribution in [0, 0.1) is 0 Å². The fraction of sp³-hybridized carbons (Fsp3) is 0.412. The minimum absolute atomic E-state index is 0.356. The summed E-state index contributed by atoms with van der Waals surface area (Å²) in [5, 5.41) is 0. The molecule has 1 aromatic heterocycles. The molecule has 6 nitrogen and oxygen atoms in total. The Kier molecular flexibility index (Phi) is 4.01. The lowest BCUT2D eigenvalue weighted by molar-refractivity contribution is 0.00578. The molecular formula is C17H21BN2O4. The quantitative estimate of drug-likeness (QED) is 0.637. The van der Waals surface area contributed by atoms with Crippen LogP contribution >= 0.6 is 0 Å². The number of benzene rings is 1. The normalized spacial score (nSPS) is 18.6. The summed E-state index contributed by atoms with van der Waals surface area (Å²) in [5.74, 6) is -0.356. The first-order chi connectivity index (χ1) is 11.2. The smallest absolute Gasteiger partial charge is 0.465 e. The van der Waals surface area contributed by atoms with Gasteiger partial charge in [-0.05, 0) is 52.0 Å². The molecule has 1 fully saturated rings. The van der Waals surface area contributed by atoms with Gasteiger partial charge < -0.3 is 18.6 Å². The summed E-state index contributed by atoms with van der Waals surface area (Å²) in [7, 11) is 0.869. The third-order valence-corrected chi connectivity index (χ3v) is 4.68. The number of aromatic nitrogens is 2. The second kappa shape index (κ2) is 5.75. The lowest BCUT2D eigenvalue weighted by atomic mass is 9.86. The minimum Gasteiger partial charge on any atom is -0.465 e. The first kappa shape index (κ1) is 16.7. The van der Waals surface area contributed by atoms with E-state index in [-0.39, 0.29) is 5.97 Å². The van der Waals surface area contributed by atoms with Crippen molar-refractivity contribution in [3.63, 3.8) is 0 Å². The van der Waals surface area contributed by atoms with Gasteiger partial charge in [-0.15, -0.1) is 0 Å². The highest BCUT2D eigenvalue weighted by molar-refractivity contribution is 6.61. The molecule has 0 spiro atoms. The van der Waals surface area contributed by atoms with Crippen LogP contribution in [0.15, 0.2) is 36.8 Å². The fourth-order valence-electron chi connectivity index (χ4n) is 2.45. The van der Waals surface area contributed by atoms with E-state index < -0.39 is 18.3 Å². The van der Waals surface area contributed by atoms with Crippen molar-refractivity contribution >= 4 is 18.7 Å². The molecular weight excluding hydrogens is 307 g/mol. The van der Waals surface area contributed by atoms with Gasteiger partial charge in [-0.25, -0.2) is 9.78 Å². The molecule has 0 atom stereocenters. The molecule has 0 N–H and O–H groups in total. The molecule has 2 aromatic rings. The highest BCUT2D eigenvalue weighted by Crippen LogP contribution is 2.36. The molecule has 1 saturated heterocycles. The van der Waals surface area contributed by atoms with Crippen molar-refractivity contribution in [1.82, 2.24) is 9.55 Å². The molecule has 7 heteroatoms. The van der Waals surface area contributed by atoms with Crippen molar-refractivity contribution in [2.75, 3.05) is 7.11 Å². The summed E-state index contributed by atoms with van der Waals surface area (Å²) in [4.78, 5) is 15.9. The van der Waals surface area contributed by atoms with Gasteiger partial charge in [0.1, 0.15) is 0 Å². The summed E-state index contributed by atoms with van der Waals surface area (Å²) < 4.78 is 18.6. The van der Waals surface area contributed by atoms with Crippen molar-refractivity contribution in [2.45, 2.75) is 38.9 Å². The molecule has 2 heterocycles. The maximum atomic E-state index is 11.5. The zero-order valence-electron chi connectivity index (χ0n) is 14.6. The van der Waals surface area contributed by atoms with Crippen LogP contribution in [0.1, 0.15) is 38.1 Å². The lowest BCUT2D eigenvalue weighted by Crippen LogP contribution is -2.41. The molecule has 1 aliphatic heterocycles. The number of rotatable bonds is 3. The van der Waals surface area contributed by atoms with E-state index in [1.165, 1.54) is 7.11 Å². The van der Waals surface area contributed by atoms with Gasteiger partial charge in [0, 0.05) is 11.9 Å². The minimum atomic E-state index is -0.495. The Morgan fingerprint density at radius 1 is 1.12 bits per heavy atom. The monoisotopic (exact) mass is 328 g/mol. The number of carbonyl (C=O) groups excluding carboxylic acids is 1. The van der Waals surface area contributed by atoms with Crippen LogP contribution in [0.5, 0.6) is 0 Å². The van der Waals surface area contributed by atoms with Crippen molar-refractivity contribution < 1.29 is 18.8 Å². The number of hydrogen-bond donors (Lipinski definition) is 0. The van der Waals surface area contributed by atoms with Gasteiger partial charge in [-0.2, -0.15) is 0 Å². The van der Waals surface area contributed by atoms with Crippen LogP contribution in [-0.4, -0.2) is 41.0 Å². The maximum absolute atomic E-state index is 11.5. The number of carbonyl (C=O) groups is 1. The topological polar surface area (TPSA) is 62.6 Å². The SMILES string of the molecule is COC(=O)c1ccc(-n2cnc(B3OC(C)(C)C(C)(C)O3)c2)cc1. The van der Waals surface area contributed by atoms with Crippen LogP contribution in [-0.2, 0) is 14.0 Å². The number of imidazole rings is 1. The van der Waals surface area contributed by atoms with Gasteiger partial charge >= 0.3 is 13.1 Å². The van der Waals surface area contributed by atoms with E-state index in [0.717, 1.165) is 5.69 Å². The van der Waals surface area contributed by atoms with E-state index >= 15 is 0 Å². The Morgan fingerprint density at radius 3 is 2.25 bits per heavy atom. The van der Waals surface area contributed by atoms with Gasteiger partial charge in [0.25, 0.3) is 0 Å². The largest absolute Gasteiger partial charge is 0.516 e. The van der Waals surface area contributed by atoms with Crippen molar-refractivity contribution in [3.8, 4) is 5.69 Å². The molecule has 0 aliphatic carbocycles. The predicted octanol–water partition coefficient (Wildman–Crippen LogP) is 1.96. The number of esters is 1. The Balaban J connectivity index is 1.80. The van der Waals surface area contributed by atoms with Crippen LogP contribution in [0.2, 0.25) is 0 Å². The molecule has 0 amide bonds. The van der Waals surface area contributed by atoms with Gasteiger partial charge in [0.15, 0.2) is 0 Å². The molecule has 0 radical (unpaired) electrons. The molecule has 3 rings (SSSR count). The maximum Gasteiger partial charge on any atom is 0.516 e. The van der Waals surface area contributed by atoms with Crippen molar-refractivity contribution in [3.05, 3.63) is 42.4 Å². The first-order valence-electron chi connectivity index (χ1n) is 7.82. The molecule has 0 bridgehead atoms. The predicted molar refractivity (Wildman–Crippen MR) is 90.6 cm³/mol. The Hall–Kier alpha value is -2.12. The van der Waals surface area contributed by atoms with Gasteiger partial charge in [-0.3, -0.25) is 0 Å². The third kappa shape index (κ3) is 2.85. The lowest BCUT2D eigenvalue weighted by Gasteiger charge is -2.32. The summed E-state index contributed by atoms with van der Waals surface area (Å²) >= 11 is 0. The van der Waals surface area contributed by atoms with E-state index in [9.17, 15) is 4.79 Å². The van der Waals surface area contributed by atoms with Gasteiger partial charge in [0.05, 0.1) is 35.8 Å². The average Bonchev–Trinajstić information content (AvgIpc) is 3.10. The number of methoxy groups -OCH3 is 1. The van der Waals surface area contributed by atoms with Gasteiger partial charge in [-0.1, -0.05) is 0 Å². The summed E-state index contributed by atoms with van der Waals surface area (Å²) in [6, 6.07) is 7.11. The average molecular weight is 328 g/mol. The second-order valence-corrected chi connectivity index (χ2v) is 6.83. The van der Waals surface area contributed by atoms with Crippen LogP contribution in [0.25, 0.3) is 5.69 Å². The zero-order valence-corrected chi connectivity index (χ0v) is 14.6. The second-order valence-electron chi connectivity index (χ2n) is 6.83.